The average Bonchev–Trinajstić information content (AvgIpc) is 3.55. The fourth-order valence-corrected chi connectivity index (χ4v) is 4.87. The SMILES string of the molecule is Fc1cc(F)c(C#Cc2[nH]nc3nc(N4CCC5(CCOC5)CC4)n4ccnc4c23)cc1Cl. The Bertz CT molecular complexity index is 1440. The van der Waals surface area contributed by atoms with Crippen molar-refractivity contribution in [3.05, 3.63) is 52.4 Å². The number of halogens is 3. The Balaban J connectivity index is 1.38. The number of nitrogens with zero attached hydrogens (tertiary/aromatic N) is 5. The Hall–Kier alpha value is -3.22. The smallest absolute Gasteiger partial charge is 0.213 e. The molecule has 0 amide bonds. The lowest BCUT2D eigenvalue weighted by Crippen LogP contribution is -2.41. The van der Waals surface area contributed by atoms with E-state index < -0.39 is 11.6 Å². The zero-order valence-corrected chi connectivity index (χ0v) is 18.3. The average molecular weight is 469 g/mol. The summed E-state index contributed by atoms with van der Waals surface area (Å²) in [5.41, 5.74) is 1.87. The summed E-state index contributed by atoms with van der Waals surface area (Å²) in [7, 11) is 0. The van der Waals surface area contributed by atoms with Gasteiger partial charge in [-0.25, -0.2) is 13.8 Å². The van der Waals surface area contributed by atoms with Gasteiger partial charge in [-0.05, 0) is 36.7 Å². The number of aromatic nitrogens is 5. The minimum Gasteiger partial charge on any atom is -0.381 e. The first-order chi connectivity index (χ1) is 16.0. The number of H-pyrrole nitrogens is 1. The van der Waals surface area contributed by atoms with Crippen LogP contribution in [0.2, 0.25) is 5.02 Å². The largest absolute Gasteiger partial charge is 0.381 e. The lowest BCUT2D eigenvalue weighted by Gasteiger charge is -2.38. The van der Waals surface area contributed by atoms with E-state index in [0.29, 0.717) is 27.8 Å². The van der Waals surface area contributed by atoms with Crippen molar-refractivity contribution >= 4 is 34.2 Å². The number of anilines is 1. The highest BCUT2D eigenvalue weighted by molar-refractivity contribution is 6.30. The third-order valence-electron chi connectivity index (χ3n) is 6.66. The summed E-state index contributed by atoms with van der Waals surface area (Å²) in [6.07, 6.45) is 6.82. The second-order valence-electron chi connectivity index (χ2n) is 8.62. The molecular formula is C23H19ClF2N6O. The summed E-state index contributed by atoms with van der Waals surface area (Å²) in [4.78, 5) is 11.6. The van der Waals surface area contributed by atoms with Crippen molar-refractivity contribution in [3.63, 3.8) is 0 Å². The van der Waals surface area contributed by atoms with E-state index in [0.717, 1.165) is 63.6 Å². The minimum absolute atomic E-state index is 0.00812. The molecule has 0 radical (unpaired) electrons. The molecule has 2 aliphatic heterocycles. The van der Waals surface area contributed by atoms with Crippen LogP contribution in [0.15, 0.2) is 24.5 Å². The van der Waals surface area contributed by atoms with Crippen LogP contribution in [0.1, 0.15) is 30.5 Å². The number of piperidine rings is 1. The van der Waals surface area contributed by atoms with Gasteiger partial charge >= 0.3 is 0 Å². The van der Waals surface area contributed by atoms with Gasteiger partial charge in [0.2, 0.25) is 5.95 Å². The highest BCUT2D eigenvalue weighted by Crippen LogP contribution is 2.40. The van der Waals surface area contributed by atoms with Gasteiger partial charge in [-0.15, -0.1) is 0 Å². The van der Waals surface area contributed by atoms with Gasteiger partial charge in [0.15, 0.2) is 11.3 Å². The molecule has 4 aromatic rings. The molecule has 10 heteroatoms. The third-order valence-corrected chi connectivity index (χ3v) is 6.95. The Labute approximate surface area is 192 Å². The van der Waals surface area contributed by atoms with E-state index in [1.54, 1.807) is 6.20 Å². The van der Waals surface area contributed by atoms with Crippen LogP contribution in [0, 0.1) is 28.9 Å². The van der Waals surface area contributed by atoms with Crippen molar-refractivity contribution in [2.24, 2.45) is 5.41 Å². The molecule has 0 atom stereocenters. The summed E-state index contributed by atoms with van der Waals surface area (Å²) in [6, 6.07) is 1.89. The molecule has 7 nitrogen and oxygen atoms in total. The molecule has 0 bridgehead atoms. The maximum atomic E-state index is 14.1. The fraction of sp³-hybridized carbons (Fsp3) is 0.348. The van der Waals surface area contributed by atoms with Crippen molar-refractivity contribution in [3.8, 4) is 11.8 Å². The molecule has 168 valence electrons. The predicted molar refractivity (Wildman–Crippen MR) is 119 cm³/mol. The summed E-state index contributed by atoms with van der Waals surface area (Å²) in [6.45, 7) is 3.46. The zero-order chi connectivity index (χ0) is 22.6. The van der Waals surface area contributed by atoms with E-state index >= 15 is 0 Å². The number of aromatic amines is 1. The van der Waals surface area contributed by atoms with Crippen LogP contribution in [-0.2, 0) is 4.74 Å². The predicted octanol–water partition coefficient (Wildman–Crippen LogP) is 3.94. The molecule has 33 heavy (non-hydrogen) atoms. The van der Waals surface area contributed by atoms with Crippen LogP contribution in [-0.4, -0.2) is 50.9 Å². The van der Waals surface area contributed by atoms with E-state index in [-0.39, 0.29) is 10.6 Å². The quantitative estimate of drug-likeness (QED) is 0.338. The van der Waals surface area contributed by atoms with Crippen LogP contribution in [0.4, 0.5) is 14.7 Å². The topological polar surface area (TPSA) is 71.3 Å². The van der Waals surface area contributed by atoms with Crippen LogP contribution in [0.5, 0.6) is 0 Å². The van der Waals surface area contributed by atoms with Gasteiger partial charge in [0.25, 0.3) is 0 Å². The molecule has 2 aliphatic rings. The molecule has 2 fully saturated rings. The first kappa shape index (κ1) is 20.4. The number of nitrogens with one attached hydrogen (secondary N) is 1. The maximum Gasteiger partial charge on any atom is 0.213 e. The highest BCUT2D eigenvalue weighted by Gasteiger charge is 2.38. The van der Waals surface area contributed by atoms with Crippen molar-refractivity contribution < 1.29 is 13.5 Å². The van der Waals surface area contributed by atoms with Crippen molar-refractivity contribution in [2.45, 2.75) is 19.3 Å². The lowest BCUT2D eigenvalue weighted by molar-refractivity contribution is 0.133. The van der Waals surface area contributed by atoms with Gasteiger partial charge in [-0.1, -0.05) is 17.5 Å². The Morgan fingerprint density at radius 2 is 1.97 bits per heavy atom. The molecule has 1 spiro atoms. The van der Waals surface area contributed by atoms with Gasteiger partial charge in [0, 0.05) is 38.2 Å². The standard InChI is InChI=1S/C23H19ClF2N6O/c24-15-11-14(16(25)12-17(15)26)1-2-18-19-20(30-29-18)28-22(32-9-6-27-21(19)32)31-7-3-23(4-8-31)5-10-33-13-23/h6,9,11-12H,3-5,7-8,10,13H2,(H,29,30). The maximum absolute atomic E-state index is 14.1. The Kier molecular flexibility index (Phi) is 4.75. The van der Waals surface area contributed by atoms with Crippen molar-refractivity contribution in [2.75, 3.05) is 31.2 Å². The normalized spacial score (nSPS) is 17.7. The number of hydrogen-bond acceptors (Lipinski definition) is 5. The molecule has 2 saturated heterocycles. The molecule has 0 aliphatic carbocycles. The van der Waals surface area contributed by atoms with Gasteiger partial charge in [-0.2, -0.15) is 10.1 Å². The van der Waals surface area contributed by atoms with Gasteiger partial charge < -0.3 is 9.64 Å². The van der Waals surface area contributed by atoms with Crippen LogP contribution in [0.25, 0.3) is 16.7 Å². The van der Waals surface area contributed by atoms with E-state index in [1.807, 2.05) is 10.6 Å². The number of ether oxygens (including phenoxy) is 1. The van der Waals surface area contributed by atoms with Gasteiger partial charge in [-0.3, -0.25) is 9.50 Å². The Morgan fingerprint density at radius 1 is 1.12 bits per heavy atom. The molecule has 6 rings (SSSR count). The number of benzene rings is 1. The van der Waals surface area contributed by atoms with Gasteiger partial charge in [0.05, 0.1) is 22.6 Å². The molecule has 1 aromatic carbocycles. The van der Waals surface area contributed by atoms with E-state index in [4.69, 9.17) is 21.3 Å². The van der Waals surface area contributed by atoms with Crippen molar-refractivity contribution in [1.82, 2.24) is 24.6 Å². The van der Waals surface area contributed by atoms with Crippen LogP contribution >= 0.6 is 11.6 Å². The van der Waals surface area contributed by atoms with Gasteiger partial charge in [0.1, 0.15) is 17.3 Å². The van der Waals surface area contributed by atoms with E-state index in [2.05, 4.69) is 31.9 Å². The Morgan fingerprint density at radius 3 is 2.76 bits per heavy atom. The lowest BCUT2D eigenvalue weighted by atomic mass is 9.78. The summed E-state index contributed by atoms with van der Waals surface area (Å²) in [5, 5.41) is 7.65. The highest BCUT2D eigenvalue weighted by atomic mass is 35.5. The zero-order valence-electron chi connectivity index (χ0n) is 17.5. The van der Waals surface area contributed by atoms with Crippen LogP contribution < -0.4 is 4.90 Å². The second-order valence-corrected chi connectivity index (χ2v) is 9.02. The molecule has 0 unspecified atom stereocenters. The molecule has 3 aromatic heterocycles. The fourth-order valence-electron chi connectivity index (χ4n) is 4.71. The second kappa shape index (κ2) is 7.68. The van der Waals surface area contributed by atoms with Crippen LogP contribution in [0.3, 0.4) is 0 Å². The minimum atomic E-state index is -0.827. The first-order valence-corrected chi connectivity index (χ1v) is 11.1. The summed E-state index contributed by atoms with van der Waals surface area (Å²) < 4.78 is 35.1. The molecular weight excluding hydrogens is 450 g/mol. The molecule has 0 saturated carbocycles. The van der Waals surface area contributed by atoms with Crippen molar-refractivity contribution in [1.29, 1.82) is 0 Å². The molecule has 1 N–H and O–H groups in total. The number of rotatable bonds is 1. The number of fused-ring (bicyclic) bond motifs is 3. The number of imidazole rings is 1. The summed E-state index contributed by atoms with van der Waals surface area (Å²) >= 11 is 5.77. The molecule has 5 heterocycles. The number of hydrogen-bond donors (Lipinski definition) is 1. The van der Waals surface area contributed by atoms with E-state index in [1.165, 1.54) is 0 Å². The monoisotopic (exact) mass is 468 g/mol. The summed E-state index contributed by atoms with van der Waals surface area (Å²) in [5.74, 6) is 4.75. The van der Waals surface area contributed by atoms with E-state index in [9.17, 15) is 8.78 Å². The third kappa shape index (κ3) is 3.41. The first-order valence-electron chi connectivity index (χ1n) is 10.7.